The predicted molar refractivity (Wildman–Crippen MR) is 169 cm³/mol. The quantitative estimate of drug-likeness (QED) is 0.305. The smallest absolute Gasteiger partial charge is 0.264 e. The van der Waals surface area contributed by atoms with Gasteiger partial charge >= 0.3 is 0 Å². The van der Waals surface area contributed by atoms with E-state index in [9.17, 15) is 19.5 Å². The summed E-state index contributed by atoms with van der Waals surface area (Å²) in [5.41, 5.74) is 2.30. The summed E-state index contributed by atoms with van der Waals surface area (Å²) in [5, 5.41) is 21.2. The fraction of sp³-hybridized carbons (Fsp3) is 0.484. The fourth-order valence-corrected chi connectivity index (χ4v) is 10.1. The second kappa shape index (κ2) is 12.0. The summed E-state index contributed by atoms with van der Waals surface area (Å²) in [5.74, 6) is -0.483. The third-order valence-corrected chi connectivity index (χ3v) is 11.9. The van der Waals surface area contributed by atoms with Crippen LogP contribution in [0.4, 0.5) is 11.4 Å². The van der Waals surface area contributed by atoms with Gasteiger partial charge in [0.25, 0.3) is 5.91 Å². The molecule has 44 heavy (non-hydrogen) atoms. The molecule has 4 heterocycles. The number of aliphatic hydroxyl groups is 1. The molecule has 0 unspecified atom stereocenters. The lowest BCUT2D eigenvalue weighted by Crippen LogP contribution is -2.48. The van der Waals surface area contributed by atoms with E-state index in [4.69, 9.17) is 16.3 Å². The lowest BCUT2D eigenvalue weighted by Gasteiger charge is -2.32. The Labute approximate surface area is 262 Å². The second-order valence-electron chi connectivity index (χ2n) is 12.5. The summed E-state index contributed by atoms with van der Waals surface area (Å²) >= 11 is 6.54. The van der Waals surface area contributed by atoms with E-state index >= 15 is 0 Å². The summed E-state index contributed by atoms with van der Waals surface area (Å²) < 4.78 is 8.61. The van der Waals surface area contributed by atoms with Crippen LogP contribution in [0.2, 0.25) is 23.7 Å². The summed E-state index contributed by atoms with van der Waals surface area (Å²) in [4.78, 5) is 42.3. The van der Waals surface area contributed by atoms with Crippen LogP contribution in [0.15, 0.2) is 48.7 Å². The number of aromatic nitrogens is 3. The van der Waals surface area contributed by atoms with Gasteiger partial charge in [0.1, 0.15) is 0 Å². The monoisotopic (exact) mass is 638 g/mol. The largest absolute Gasteiger partial charge is 0.432 e. The molecule has 4 atom stereocenters. The lowest BCUT2D eigenvalue weighted by atomic mass is 9.82. The summed E-state index contributed by atoms with van der Waals surface area (Å²) in [6.45, 7) is 8.19. The normalized spacial score (nSPS) is 25.4. The van der Waals surface area contributed by atoms with Gasteiger partial charge in [0, 0.05) is 66.6 Å². The van der Waals surface area contributed by atoms with Crippen molar-refractivity contribution in [2.24, 2.45) is 5.92 Å². The first-order valence-corrected chi connectivity index (χ1v) is 18.5. The molecular weight excluding hydrogens is 600 g/mol. The van der Waals surface area contributed by atoms with Crippen LogP contribution in [0.1, 0.15) is 30.2 Å². The number of anilines is 2. The molecule has 2 aromatic carbocycles. The first-order chi connectivity index (χ1) is 21.0. The van der Waals surface area contributed by atoms with Gasteiger partial charge in [-0.3, -0.25) is 14.3 Å². The molecule has 11 nitrogen and oxygen atoms in total. The van der Waals surface area contributed by atoms with Gasteiger partial charge < -0.3 is 29.8 Å². The Morgan fingerprint density at radius 3 is 2.77 bits per heavy atom. The highest BCUT2D eigenvalue weighted by atomic mass is 35.5. The number of hydrogen-bond donors (Lipinski definition) is 3. The summed E-state index contributed by atoms with van der Waals surface area (Å²) in [7, 11) is -2.83. The average molecular weight is 639 g/mol. The van der Waals surface area contributed by atoms with Crippen molar-refractivity contribution in [3.63, 3.8) is 0 Å². The van der Waals surface area contributed by atoms with Crippen molar-refractivity contribution in [2.45, 2.75) is 63.2 Å². The van der Waals surface area contributed by atoms with Crippen molar-refractivity contribution in [3.05, 3.63) is 70.5 Å². The fourth-order valence-electron chi connectivity index (χ4n) is 7.30. The maximum atomic E-state index is 14.7. The maximum Gasteiger partial charge on any atom is 0.264 e. The van der Waals surface area contributed by atoms with Crippen LogP contribution < -0.4 is 15.1 Å². The van der Waals surface area contributed by atoms with Crippen molar-refractivity contribution < 1.29 is 24.2 Å². The zero-order chi connectivity index (χ0) is 31.2. The molecule has 3 aromatic rings. The Bertz CT molecular complexity index is 1560. The van der Waals surface area contributed by atoms with E-state index in [0.717, 1.165) is 23.5 Å². The number of hydrogen-bond acceptors (Lipinski definition) is 8. The molecule has 3 aliphatic heterocycles. The molecule has 0 aliphatic carbocycles. The number of ether oxygens (including phenoxy) is 1. The van der Waals surface area contributed by atoms with Crippen LogP contribution in [0.3, 0.4) is 0 Å². The number of aryl methyl sites for hydroxylation is 1. The average Bonchev–Trinajstić information content (AvgIpc) is 3.62. The van der Waals surface area contributed by atoms with Gasteiger partial charge in [0.2, 0.25) is 5.91 Å². The Hall–Kier alpha value is -3.13. The maximum absolute atomic E-state index is 14.7. The zero-order valence-electron chi connectivity index (χ0n) is 25.2. The van der Waals surface area contributed by atoms with Crippen molar-refractivity contribution in [1.29, 1.82) is 0 Å². The molecule has 3 aliphatic rings. The lowest BCUT2D eigenvalue weighted by molar-refractivity contribution is -0.146. The first-order valence-electron chi connectivity index (χ1n) is 15.1. The SMILES string of the molecule is C[C@@H]1[C@@H]([Si](C)(C)O)[C@H](CCn2cc(CCO)nn2)O[C@@]12C(=O)N(Cc1cccc(N3CCNCC3=O)c1)c1ccc(Cl)cc12. The number of rotatable bonds is 9. The number of aliphatic hydroxyl groups excluding tert-OH is 1. The number of amides is 2. The Kier molecular flexibility index (Phi) is 8.41. The van der Waals surface area contributed by atoms with Crippen LogP contribution in [0, 0.1) is 5.92 Å². The highest BCUT2D eigenvalue weighted by Gasteiger charge is 2.66. The van der Waals surface area contributed by atoms with Gasteiger partial charge in [-0.2, -0.15) is 0 Å². The van der Waals surface area contributed by atoms with Crippen LogP contribution in [-0.4, -0.2) is 77.4 Å². The number of piperazine rings is 1. The molecule has 0 saturated carbocycles. The minimum atomic E-state index is -2.83. The molecule has 2 saturated heterocycles. The molecule has 6 rings (SSSR count). The van der Waals surface area contributed by atoms with Gasteiger partial charge in [-0.25, -0.2) is 0 Å². The summed E-state index contributed by atoms with van der Waals surface area (Å²) in [6, 6.07) is 13.2. The standard InChI is InChI=1S/C31H39ClN6O5Si/c1-20-29(44(2,3)42)27(9-12-36-19-23(10-14-39)34-35-36)43-31(20)25-16-22(32)7-8-26(25)38(30(31)41)18-21-5-4-6-24(15-21)37-13-11-33-17-28(37)40/h4-8,15-16,19-20,27,29,33,39,42H,9-14,17-18H2,1-3H3/t20-,27+,29-,31+/m1/s1. The van der Waals surface area contributed by atoms with Crippen LogP contribution in [0.25, 0.3) is 0 Å². The number of fused-ring (bicyclic) bond motifs is 2. The van der Waals surface area contributed by atoms with Gasteiger partial charge in [-0.1, -0.05) is 35.9 Å². The third kappa shape index (κ3) is 5.48. The molecule has 0 bridgehead atoms. The Balaban J connectivity index is 1.32. The van der Waals surface area contributed by atoms with Crippen molar-refractivity contribution in [2.75, 3.05) is 36.0 Å². The highest BCUT2D eigenvalue weighted by Crippen LogP contribution is 2.60. The van der Waals surface area contributed by atoms with Gasteiger partial charge in [0.05, 0.1) is 30.6 Å². The van der Waals surface area contributed by atoms with E-state index < -0.39 is 20.0 Å². The molecule has 2 amide bonds. The van der Waals surface area contributed by atoms with Crippen LogP contribution >= 0.6 is 11.6 Å². The van der Waals surface area contributed by atoms with E-state index in [1.165, 1.54) is 0 Å². The van der Waals surface area contributed by atoms with Gasteiger partial charge in [-0.15, -0.1) is 5.10 Å². The molecule has 1 spiro atoms. The molecule has 1 aromatic heterocycles. The van der Waals surface area contributed by atoms with E-state index in [-0.39, 0.29) is 29.9 Å². The first kappa shape index (κ1) is 30.9. The van der Waals surface area contributed by atoms with E-state index in [0.29, 0.717) is 55.3 Å². The number of halogens is 1. The molecule has 234 valence electrons. The second-order valence-corrected chi connectivity index (χ2v) is 17.0. The number of carbonyl (C=O) groups excluding carboxylic acids is 2. The molecule has 3 N–H and O–H groups in total. The number of nitrogens with one attached hydrogen (secondary N) is 1. The molecular formula is C31H39ClN6O5Si. The molecule has 2 fully saturated rings. The molecule has 0 radical (unpaired) electrons. The van der Waals surface area contributed by atoms with Crippen molar-refractivity contribution in [1.82, 2.24) is 20.3 Å². The highest BCUT2D eigenvalue weighted by molar-refractivity contribution is 6.71. The van der Waals surface area contributed by atoms with E-state index in [2.05, 4.69) is 15.6 Å². The summed E-state index contributed by atoms with van der Waals surface area (Å²) in [6.07, 6.45) is 2.36. The van der Waals surface area contributed by atoms with Gasteiger partial charge in [0.15, 0.2) is 13.9 Å². The van der Waals surface area contributed by atoms with Gasteiger partial charge in [-0.05, 0) is 55.4 Å². The topological polar surface area (TPSA) is 133 Å². The minimum Gasteiger partial charge on any atom is -0.432 e. The number of benzene rings is 2. The zero-order valence-corrected chi connectivity index (χ0v) is 27.0. The van der Waals surface area contributed by atoms with E-state index in [1.54, 1.807) is 26.7 Å². The predicted octanol–water partition coefficient (Wildman–Crippen LogP) is 2.84. The Morgan fingerprint density at radius 2 is 2.02 bits per heavy atom. The van der Waals surface area contributed by atoms with Crippen molar-refractivity contribution in [3.8, 4) is 0 Å². The van der Waals surface area contributed by atoms with Crippen LogP contribution in [-0.2, 0) is 39.4 Å². The van der Waals surface area contributed by atoms with Crippen LogP contribution in [0.5, 0.6) is 0 Å². The number of nitrogens with zero attached hydrogens (tertiary/aromatic N) is 5. The number of carbonyl (C=O) groups is 2. The van der Waals surface area contributed by atoms with E-state index in [1.807, 2.05) is 56.4 Å². The molecule has 13 heteroatoms. The Morgan fingerprint density at radius 1 is 1.20 bits per heavy atom. The van der Waals surface area contributed by atoms with Crippen molar-refractivity contribution >= 4 is 43.1 Å². The third-order valence-electron chi connectivity index (χ3n) is 9.20. The minimum absolute atomic E-state index is 0.00439.